The maximum atomic E-state index is 12.3. The number of amides is 2. The van der Waals surface area contributed by atoms with E-state index < -0.39 is 0 Å². The molecule has 0 saturated carbocycles. The number of hydrogen-bond acceptors (Lipinski definition) is 3. The molecule has 3 heterocycles. The number of fused-ring (bicyclic) bond motifs is 1. The van der Waals surface area contributed by atoms with Crippen LogP contribution in [0.25, 0.3) is 5.65 Å². The quantitative estimate of drug-likeness (QED) is 0.788. The number of aromatic nitrogens is 2. The van der Waals surface area contributed by atoms with Crippen molar-refractivity contribution in [2.24, 2.45) is 0 Å². The smallest absolute Gasteiger partial charge is 0.261 e. The first kappa shape index (κ1) is 12.1. The summed E-state index contributed by atoms with van der Waals surface area (Å²) in [6.45, 7) is 0.222. The minimum Gasteiger partial charge on any atom is -0.307 e. The number of carbonyl (C=O) groups is 2. The normalized spacial score (nSPS) is 18.0. The maximum absolute atomic E-state index is 12.3. The van der Waals surface area contributed by atoms with Gasteiger partial charge in [0.05, 0.1) is 12.2 Å². The lowest BCUT2D eigenvalue weighted by atomic mass is 10.00. The summed E-state index contributed by atoms with van der Waals surface area (Å²) in [5, 5.41) is 0. The van der Waals surface area contributed by atoms with Gasteiger partial charge in [0, 0.05) is 23.5 Å². The zero-order valence-corrected chi connectivity index (χ0v) is 11.3. The van der Waals surface area contributed by atoms with Crippen molar-refractivity contribution in [1.82, 2.24) is 14.3 Å². The van der Waals surface area contributed by atoms with E-state index in [0.29, 0.717) is 23.3 Å². The number of carbonyl (C=O) groups excluding carboxylic acids is 2. The molecule has 5 heteroatoms. The van der Waals surface area contributed by atoms with Crippen molar-refractivity contribution < 1.29 is 9.59 Å². The highest BCUT2D eigenvalue weighted by atomic mass is 16.2. The van der Waals surface area contributed by atoms with E-state index in [9.17, 15) is 9.59 Å². The Labute approximate surface area is 121 Å². The minimum absolute atomic E-state index is 0.170. The molecule has 0 bridgehead atoms. The molecule has 0 N–H and O–H groups in total. The van der Waals surface area contributed by atoms with Crippen molar-refractivity contribution in [3.8, 4) is 0 Å². The van der Waals surface area contributed by atoms with Gasteiger partial charge in [-0.25, -0.2) is 4.98 Å². The Morgan fingerprint density at radius 1 is 1.19 bits per heavy atom. The van der Waals surface area contributed by atoms with E-state index in [1.165, 1.54) is 4.90 Å². The second kappa shape index (κ2) is 4.41. The van der Waals surface area contributed by atoms with E-state index in [2.05, 4.69) is 4.98 Å². The molecule has 1 aliphatic heterocycles. The van der Waals surface area contributed by atoms with Gasteiger partial charge in [0.15, 0.2) is 0 Å². The number of nitrogens with zero attached hydrogens (tertiary/aromatic N) is 3. The van der Waals surface area contributed by atoms with Crippen LogP contribution in [0.5, 0.6) is 0 Å². The Kier molecular flexibility index (Phi) is 2.54. The van der Waals surface area contributed by atoms with Gasteiger partial charge in [-0.1, -0.05) is 18.2 Å². The number of imide groups is 1. The summed E-state index contributed by atoms with van der Waals surface area (Å²) < 4.78 is 1.88. The molecule has 21 heavy (non-hydrogen) atoms. The van der Waals surface area contributed by atoms with Crippen molar-refractivity contribution in [3.63, 3.8) is 0 Å². The van der Waals surface area contributed by atoms with Gasteiger partial charge in [-0.3, -0.25) is 14.5 Å². The summed E-state index contributed by atoms with van der Waals surface area (Å²) in [6.07, 6.45) is 8.92. The van der Waals surface area contributed by atoms with E-state index in [-0.39, 0.29) is 18.4 Å². The zero-order chi connectivity index (χ0) is 14.4. The number of imidazole rings is 1. The standard InChI is InChI=1S/C16H13N3O2/c20-15-12-5-1-2-6-13(12)16(21)19(15)10-11-9-18-8-4-3-7-14(18)17-11/h1,3-5,7-9H,2,6,10H2. The van der Waals surface area contributed by atoms with Crippen molar-refractivity contribution in [3.05, 3.63) is 59.6 Å². The van der Waals surface area contributed by atoms with Gasteiger partial charge < -0.3 is 4.40 Å². The van der Waals surface area contributed by atoms with Gasteiger partial charge in [-0.2, -0.15) is 0 Å². The fraction of sp³-hybridized carbons (Fsp3) is 0.188. The van der Waals surface area contributed by atoms with Gasteiger partial charge in [0.25, 0.3) is 11.8 Å². The van der Waals surface area contributed by atoms with Crippen LogP contribution in [0.2, 0.25) is 0 Å². The topological polar surface area (TPSA) is 54.7 Å². The maximum Gasteiger partial charge on any atom is 0.261 e. The van der Waals surface area contributed by atoms with Gasteiger partial charge in [-0.15, -0.1) is 0 Å². The molecule has 0 saturated heterocycles. The van der Waals surface area contributed by atoms with E-state index >= 15 is 0 Å². The van der Waals surface area contributed by atoms with E-state index in [4.69, 9.17) is 0 Å². The Balaban J connectivity index is 1.65. The van der Waals surface area contributed by atoms with Crippen LogP contribution in [0.1, 0.15) is 18.5 Å². The summed E-state index contributed by atoms with van der Waals surface area (Å²) >= 11 is 0. The lowest BCUT2D eigenvalue weighted by Crippen LogP contribution is -2.31. The third kappa shape index (κ3) is 1.81. The number of pyridine rings is 1. The number of hydrogen-bond donors (Lipinski definition) is 0. The predicted molar refractivity (Wildman–Crippen MR) is 76.1 cm³/mol. The Hall–Kier alpha value is -2.69. The molecule has 2 aromatic rings. The van der Waals surface area contributed by atoms with Crippen LogP contribution in [0.15, 0.2) is 53.9 Å². The molecule has 2 amide bonds. The van der Waals surface area contributed by atoms with Crippen LogP contribution in [0.3, 0.4) is 0 Å². The van der Waals surface area contributed by atoms with Gasteiger partial charge in [0.2, 0.25) is 0 Å². The highest BCUT2D eigenvalue weighted by molar-refractivity contribution is 6.20. The molecule has 0 fully saturated rings. The predicted octanol–water partition coefficient (Wildman–Crippen LogP) is 1.85. The summed E-state index contributed by atoms with van der Waals surface area (Å²) in [6, 6.07) is 5.71. The van der Waals surface area contributed by atoms with Crippen LogP contribution in [0.4, 0.5) is 0 Å². The SMILES string of the molecule is O=C1C2=C(CCC=C2)C(=O)N1Cc1cn2ccccc2n1. The average Bonchev–Trinajstić information content (AvgIpc) is 3.02. The molecule has 5 nitrogen and oxygen atoms in total. The second-order valence-corrected chi connectivity index (χ2v) is 5.23. The summed E-state index contributed by atoms with van der Waals surface area (Å²) in [7, 11) is 0. The Bertz CT molecular complexity index is 796. The van der Waals surface area contributed by atoms with Crippen molar-refractivity contribution >= 4 is 17.5 Å². The fourth-order valence-electron chi connectivity index (χ4n) is 2.86. The first-order valence-electron chi connectivity index (χ1n) is 6.92. The molecule has 2 aliphatic rings. The highest BCUT2D eigenvalue weighted by Gasteiger charge is 2.37. The summed E-state index contributed by atoms with van der Waals surface area (Å²) in [5.41, 5.74) is 2.72. The molecule has 4 rings (SSSR count). The summed E-state index contributed by atoms with van der Waals surface area (Å²) in [4.78, 5) is 30.4. The molecule has 1 aliphatic carbocycles. The molecule has 0 radical (unpaired) electrons. The lowest BCUT2D eigenvalue weighted by molar-refractivity contribution is -0.138. The molecule has 0 aromatic carbocycles. The van der Waals surface area contributed by atoms with Crippen LogP contribution >= 0.6 is 0 Å². The molecule has 0 atom stereocenters. The molecule has 0 spiro atoms. The number of rotatable bonds is 2. The molecular formula is C16H13N3O2. The first-order valence-corrected chi connectivity index (χ1v) is 6.92. The molecule has 0 unspecified atom stereocenters. The van der Waals surface area contributed by atoms with E-state index in [1.807, 2.05) is 41.1 Å². The average molecular weight is 279 g/mol. The lowest BCUT2D eigenvalue weighted by Gasteiger charge is -2.12. The summed E-state index contributed by atoms with van der Waals surface area (Å²) in [5.74, 6) is -0.376. The van der Waals surface area contributed by atoms with E-state index in [0.717, 1.165) is 12.1 Å². The van der Waals surface area contributed by atoms with E-state index in [1.54, 1.807) is 6.08 Å². The Morgan fingerprint density at radius 3 is 2.90 bits per heavy atom. The monoisotopic (exact) mass is 279 g/mol. The third-order valence-corrected chi connectivity index (χ3v) is 3.88. The van der Waals surface area contributed by atoms with Crippen LogP contribution in [-0.2, 0) is 16.1 Å². The van der Waals surface area contributed by atoms with Crippen molar-refractivity contribution in [1.29, 1.82) is 0 Å². The van der Waals surface area contributed by atoms with Crippen molar-refractivity contribution in [2.45, 2.75) is 19.4 Å². The second-order valence-electron chi connectivity index (χ2n) is 5.23. The molecule has 2 aromatic heterocycles. The van der Waals surface area contributed by atoms with Crippen LogP contribution < -0.4 is 0 Å². The third-order valence-electron chi connectivity index (χ3n) is 3.88. The van der Waals surface area contributed by atoms with Gasteiger partial charge in [-0.05, 0) is 25.0 Å². The van der Waals surface area contributed by atoms with Gasteiger partial charge >= 0.3 is 0 Å². The zero-order valence-electron chi connectivity index (χ0n) is 11.3. The molecule has 104 valence electrons. The van der Waals surface area contributed by atoms with Crippen LogP contribution in [-0.4, -0.2) is 26.1 Å². The number of allylic oxidation sites excluding steroid dienone is 1. The Morgan fingerprint density at radius 2 is 2.10 bits per heavy atom. The molecular weight excluding hydrogens is 266 g/mol. The van der Waals surface area contributed by atoms with Gasteiger partial charge in [0.1, 0.15) is 5.65 Å². The highest BCUT2D eigenvalue weighted by Crippen LogP contribution is 2.29. The van der Waals surface area contributed by atoms with Crippen LogP contribution in [0, 0.1) is 0 Å². The largest absolute Gasteiger partial charge is 0.307 e. The fourth-order valence-corrected chi connectivity index (χ4v) is 2.86. The minimum atomic E-state index is -0.206. The first-order chi connectivity index (χ1) is 10.2. The van der Waals surface area contributed by atoms with Crippen molar-refractivity contribution in [2.75, 3.05) is 0 Å².